The molecule has 7 nitrogen and oxygen atoms in total. The zero-order chi connectivity index (χ0) is 25.9. The highest BCUT2D eigenvalue weighted by molar-refractivity contribution is 7.88. The number of ether oxygens (including phenoxy) is 2. The molecular weight excluding hydrogens is 483 g/mol. The van der Waals surface area contributed by atoms with E-state index < -0.39 is 15.8 Å². The third-order valence-electron chi connectivity index (χ3n) is 7.41. The van der Waals surface area contributed by atoms with Gasteiger partial charge in [-0.15, -0.1) is 0 Å². The van der Waals surface area contributed by atoms with Crippen molar-refractivity contribution in [3.05, 3.63) is 59.4 Å². The maximum Gasteiger partial charge on any atom is 0.211 e. The molecule has 3 atom stereocenters. The van der Waals surface area contributed by atoms with Crippen LogP contribution in [0.1, 0.15) is 56.1 Å². The van der Waals surface area contributed by atoms with E-state index in [0.29, 0.717) is 19.6 Å². The zero-order valence-corrected chi connectivity index (χ0v) is 22.0. The molecule has 0 unspecified atom stereocenters. The highest BCUT2D eigenvalue weighted by Crippen LogP contribution is 2.36. The number of hydrogen-bond donors (Lipinski definition) is 2. The lowest BCUT2D eigenvalue weighted by Gasteiger charge is -2.33. The molecule has 1 heterocycles. The number of methoxy groups -OCH3 is 1. The number of rotatable bonds is 9. The van der Waals surface area contributed by atoms with Crippen LogP contribution in [-0.2, 0) is 21.3 Å². The van der Waals surface area contributed by atoms with Gasteiger partial charge in [0.25, 0.3) is 0 Å². The Hall–Kier alpha value is -2.20. The predicted molar refractivity (Wildman–Crippen MR) is 137 cm³/mol. The van der Waals surface area contributed by atoms with Gasteiger partial charge in [-0.1, -0.05) is 12.1 Å². The fourth-order valence-corrected chi connectivity index (χ4v) is 6.68. The molecule has 36 heavy (non-hydrogen) atoms. The van der Waals surface area contributed by atoms with Crippen molar-refractivity contribution in [1.82, 2.24) is 9.62 Å². The topological polar surface area (TPSA) is 88.1 Å². The van der Waals surface area contributed by atoms with Crippen LogP contribution in [-0.4, -0.2) is 62.0 Å². The van der Waals surface area contributed by atoms with E-state index in [2.05, 4.69) is 12.2 Å². The second-order valence-corrected chi connectivity index (χ2v) is 12.1. The fraction of sp³-hybridized carbons (Fsp3) is 0.556. The van der Waals surface area contributed by atoms with Crippen molar-refractivity contribution in [2.75, 3.05) is 20.0 Å². The molecule has 0 spiro atoms. The van der Waals surface area contributed by atoms with E-state index in [1.807, 2.05) is 24.3 Å². The van der Waals surface area contributed by atoms with E-state index in [1.54, 1.807) is 17.5 Å². The molecule has 0 bridgehead atoms. The number of phenols is 1. The largest absolute Gasteiger partial charge is 0.508 e. The zero-order valence-electron chi connectivity index (χ0n) is 21.2. The van der Waals surface area contributed by atoms with Gasteiger partial charge in [-0.05, 0) is 80.3 Å². The van der Waals surface area contributed by atoms with Crippen LogP contribution in [0, 0.1) is 5.82 Å². The molecule has 1 saturated carbocycles. The van der Waals surface area contributed by atoms with Gasteiger partial charge in [0.1, 0.15) is 17.3 Å². The molecule has 198 valence electrons. The van der Waals surface area contributed by atoms with Crippen LogP contribution in [0.2, 0.25) is 0 Å². The van der Waals surface area contributed by atoms with Crippen LogP contribution in [0.4, 0.5) is 4.39 Å². The number of nitrogens with one attached hydrogen (secondary N) is 1. The molecule has 2 aliphatic rings. The molecule has 9 heteroatoms. The highest BCUT2D eigenvalue weighted by Gasteiger charge is 2.40. The monoisotopic (exact) mass is 520 g/mol. The fourth-order valence-electron chi connectivity index (χ4n) is 5.57. The molecule has 4 rings (SSSR count). The van der Waals surface area contributed by atoms with E-state index in [0.717, 1.165) is 48.6 Å². The predicted octanol–water partition coefficient (Wildman–Crippen LogP) is 4.16. The third kappa shape index (κ3) is 6.76. The van der Waals surface area contributed by atoms with E-state index >= 15 is 0 Å². The molecule has 1 aliphatic carbocycles. The van der Waals surface area contributed by atoms with Gasteiger partial charge in [-0.3, -0.25) is 0 Å². The summed E-state index contributed by atoms with van der Waals surface area (Å²) >= 11 is 0. The van der Waals surface area contributed by atoms with Gasteiger partial charge in [0.15, 0.2) is 0 Å². The highest BCUT2D eigenvalue weighted by atomic mass is 32.2. The normalized spacial score (nSPS) is 26.9. The lowest BCUT2D eigenvalue weighted by molar-refractivity contribution is 0.00772. The van der Waals surface area contributed by atoms with Gasteiger partial charge in [0, 0.05) is 30.7 Å². The van der Waals surface area contributed by atoms with E-state index in [9.17, 15) is 17.9 Å². The molecule has 0 aromatic heterocycles. The van der Waals surface area contributed by atoms with Crippen molar-refractivity contribution in [2.24, 2.45) is 0 Å². The van der Waals surface area contributed by atoms with Gasteiger partial charge in [-0.2, -0.15) is 4.31 Å². The lowest BCUT2D eigenvalue weighted by atomic mass is 9.82. The van der Waals surface area contributed by atoms with E-state index in [4.69, 9.17) is 9.47 Å². The molecule has 0 radical (unpaired) electrons. The average Bonchev–Trinajstić information content (AvgIpc) is 3.20. The molecule has 2 fully saturated rings. The summed E-state index contributed by atoms with van der Waals surface area (Å²) in [5.74, 6) is 0.479. The first-order chi connectivity index (χ1) is 17.1. The summed E-state index contributed by atoms with van der Waals surface area (Å²) in [4.78, 5) is 0. The molecular formula is C27H37FN2O5S. The van der Waals surface area contributed by atoms with Gasteiger partial charge in [-0.25, -0.2) is 12.8 Å². The van der Waals surface area contributed by atoms with Crippen LogP contribution >= 0.6 is 0 Å². The summed E-state index contributed by atoms with van der Waals surface area (Å²) in [5, 5.41) is 13.2. The summed E-state index contributed by atoms with van der Waals surface area (Å²) in [7, 11) is -1.85. The van der Waals surface area contributed by atoms with Crippen molar-refractivity contribution in [2.45, 2.75) is 75.7 Å². The number of phenolic OH excluding ortho intramolecular Hbond substituents is 1. The Morgan fingerprint density at radius 1 is 1.11 bits per heavy atom. The Balaban J connectivity index is 1.37. The quantitative estimate of drug-likeness (QED) is 0.516. The number of halogens is 1. The second kappa shape index (κ2) is 11.5. The Morgan fingerprint density at radius 3 is 2.42 bits per heavy atom. The van der Waals surface area contributed by atoms with Crippen molar-refractivity contribution in [3.8, 4) is 11.5 Å². The van der Waals surface area contributed by atoms with Crippen molar-refractivity contribution in [3.63, 3.8) is 0 Å². The first-order valence-electron chi connectivity index (χ1n) is 12.6. The molecule has 2 N–H and O–H groups in total. The lowest BCUT2D eigenvalue weighted by Crippen LogP contribution is -2.48. The Morgan fingerprint density at radius 2 is 1.81 bits per heavy atom. The smallest absolute Gasteiger partial charge is 0.211 e. The van der Waals surface area contributed by atoms with Crippen LogP contribution < -0.4 is 10.1 Å². The molecule has 2 aromatic carbocycles. The molecule has 1 aliphatic heterocycles. The Kier molecular flexibility index (Phi) is 8.55. The van der Waals surface area contributed by atoms with Crippen LogP contribution in [0.25, 0.3) is 0 Å². The van der Waals surface area contributed by atoms with E-state index in [-0.39, 0.29) is 35.9 Å². The number of aromatic hydroxyl groups is 1. The maximum absolute atomic E-state index is 13.7. The standard InChI is InChI=1S/C27H37FN2O5S/c1-18-12-27(30(36(3,32)33)16-19-4-8-24(34-2)9-5-19)26(29-18)17-35-25-10-6-20(7-11-25)21-13-22(28)15-23(31)14-21/h4-5,8-9,13-15,18,20,25-27,29,31H,6-7,10-12,16-17H2,1-3H3/t18-,20?,25?,26+,27+/m1/s1. The van der Waals surface area contributed by atoms with Crippen LogP contribution in [0.3, 0.4) is 0 Å². The molecule has 2 aromatic rings. The SMILES string of the molecule is COc1ccc(CN([C@H]2C[C@@H](C)N[C@H]2COC2CCC(c3cc(O)cc(F)c3)CC2)S(C)(=O)=O)cc1. The maximum atomic E-state index is 13.7. The summed E-state index contributed by atoms with van der Waals surface area (Å²) < 4.78 is 52.4. The summed E-state index contributed by atoms with van der Waals surface area (Å²) in [6, 6.07) is 11.6. The Labute approximate surface area is 213 Å². The molecule has 0 amide bonds. The number of hydrogen-bond acceptors (Lipinski definition) is 6. The van der Waals surface area contributed by atoms with Gasteiger partial charge < -0.3 is 19.9 Å². The Bertz CT molecular complexity index is 1100. The molecule has 1 saturated heterocycles. The van der Waals surface area contributed by atoms with Gasteiger partial charge in [0.2, 0.25) is 10.0 Å². The number of benzene rings is 2. The summed E-state index contributed by atoms with van der Waals surface area (Å²) in [5.41, 5.74) is 1.74. The summed E-state index contributed by atoms with van der Waals surface area (Å²) in [6.45, 7) is 2.80. The van der Waals surface area contributed by atoms with Crippen LogP contribution in [0.5, 0.6) is 11.5 Å². The average molecular weight is 521 g/mol. The first-order valence-corrected chi connectivity index (χ1v) is 14.4. The van der Waals surface area contributed by atoms with Crippen molar-refractivity contribution >= 4 is 10.0 Å². The first kappa shape index (κ1) is 26.9. The minimum Gasteiger partial charge on any atom is -0.508 e. The van der Waals surface area contributed by atoms with Gasteiger partial charge in [0.05, 0.1) is 26.1 Å². The van der Waals surface area contributed by atoms with Gasteiger partial charge >= 0.3 is 0 Å². The van der Waals surface area contributed by atoms with E-state index in [1.165, 1.54) is 12.3 Å². The minimum atomic E-state index is -3.45. The second-order valence-electron chi connectivity index (χ2n) is 10.2. The number of sulfonamides is 1. The summed E-state index contributed by atoms with van der Waals surface area (Å²) in [6.07, 6.45) is 5.47. The van der Waals surface area contributed by atoms with Crippen LogP contribution in [0.15, 0.2) is 42.5 Å². The van der Waals surface area contributed by atoms with Crippen molar-refractivity contribution in [1.29, 1.82) is 0 Å². The number of nitrogens with zero attached hydrogens (tertiary/aromatic N) is 1. The van der Waals surface area contributed by atoms with Crippen molar-refractivity contribution < 1.29 is 27.4 Å². The third-order valence-corrected chi connectivity index (χ3v) is 8.67. The minimum absolute atomic E-state index is 0.0408.